The van der Waals surface area contributed by atoms with Gasteiger partial charge in [0.1, 0.15) is 5.75 Å². The van der Waals surface area contributed by atoms with Gasteiger partial charge in [-0.3, -0.25) is 14.9 Å². The van der Waals surface area contributed by atoms with Gasteiger partial charge < -0.3 is 4.74 Å². The number of nitrogens with one attached hydrogen (secondary N) is 1. The van der Waals surface area contributed by atoms with Crippen LogP contribution < -0.4 is 10.2 Å². The van der Waals surface area contributed by atoms with Gasteiger partial charge in [-0.1, -0.05) is 26.2 Å². The number of nitro groups is 1. The first-order valence-corrected chi connectivity index (χ1v) is 9.33. The molecular formula is C21H25N3O4. The number of unbranched alkanes of at least 4 members (excludes halogenated alkanes) is 3. The van der Waals surface area contributed by atoms with Gasteiger partial charge in [-0.15, -0.1) is 0 Å². The first-order valence-electron chi connectivity index (χ1n) is 9.33. The van der Waals surface area contributed by atoms with E-state index in [1.165, 1.54) is 25.0 Å². The lowest BCUT2D eigenvalue weighted by Gasteiger charge is -2.07. The molecule has 0 aromatic heterocycles. The molecule has 0 bridgehead atoms. The Morgan fingerprint density at radius 1 is 1.04 bits per heavy atom. The number of hydrogen-bond donors (Lipinski definition) is 1. The summed E-state index contributed by atoms with van der Waals surface area (Å²) < 4.78 is 5.66. The highest BCUT2D eigenvalue weighted by Crippen LogP contribution is 2.14. The second kappa shape index (κ2) is 10.8. The van der Waals surface area contributed by atoms with E-state index in [0.29, 0.717) is 23.4 Å². The van der Waals surface area contributed by atoms with Crippen LogP contribution in [-0.4, -0.2) is 23.1 Å². The fourth-order valence-corrected chi connectivity index (χ4v) is 2.51. The molecule has 2 aromatic rings. The zero-order valence-corrected chi connectivity index (χ0v) is 16.2. The van der Waals surface area contributed by atoms with E-state index in [1.54, 1.807) is 43.3 Å². The molecule has 2 aromatic carbocycles. The molecule has 0 saturated heterocycles. The van der Waals surface area contributed by atoms with Crippen LogP contribution in [0.25, 0.3) is 0 Å². The summed E-state index contributed by atoms with van der Waals surface area (Å²) in [6.45, 7) is 4.56. The van der Waals surface area contributed by atoms with Crippen LogP contribution in [0, 0.1) is 10.1 Å². The number of hydrogen-bond acceptors (Lipinski definition) is 5. The number of carbonyl (C=O) groups is 1. The Bertz CT molecular complexity index is 815. The third kappa shape index (κ3) is 6.50. The first kappa shape index (κ1) is 21.1. The van der Waals surface area contributed by atoms with Gasteiger partial charge in [0.2, 0.25) is 0 Å². The average molecular weight is 383 g/mol. The molecule has 0 radical (unpaired) electrons. The highest BCUT2D eigenvalue weighted by molar-refractivity contribution is 6.01. The lowest BCUT2D eigenvalue weighted by Crippen LogP contribution is -2.19. The topological polar surface area (TPSA) is 93.8 Å². The van der Waals surface area contributed by atoms with Crippen molar-refractivity contribution in [1.29, 1.82) is 0 Å². The summed E-state index contributed by atoms with van der Waals surface area (Å²) in [7, 11) is 0. The van der Waals surface area contributed by atoms with Crippen LogP contribution in [0.4, 0.5) is 5.69 Å². The molecule has 1 amide bonds. The fourth-order valence-electron chi connectivity index (χ4n) is 2.51. The highest BCUT2D eigenvalue weighted by Gasteiger charge is 2.07. The van der Waals surface area contributed by atoms with Crippen LogP contribution in [0.5, 0.6) is 5.75 Å². The maximum atomic E-state index is 12.2. The molecule has 7 heteroatoms. The summed E-state index contributed by atoms with van der Waals surface area (Å²) in [6.07, 6.45) is 4.58. The van der Waals surface area contributed by atoms with E-state index in [-0.39, 0.29) is 11.6 Å². The maximum absolute atomic E-state index is 12.2. The minimum absolute atomic E-state index is 0.00765. The number of amides is 1. The van der Waals surface area contributed by atoms with Crippen molar-refractivity contribution in [2.24, 2.45) is 5.10 Å². The molecule has 0 aliphatic carbocycles. The zero-order chi connectivity index (χ0) is 20.4. The van der Waals surface area contributed by atoms with E-state index in [1.807, 2.05) is 0 Å². The number of non-ortho nitro benzene ring substituents is 1. The summed E-state index contributed by atoms with van der Waals surface area (Å²) in [4.78, 5) is 22.4. The Balaban J connectivity index is 1.87. The number of hydrazone groups is 1. The quantitative estimate of drug-likeness (QED) is 0.278. The summed E-state index contributed by atoms with van der Waals surface area (Å²) in [5.74, 6) is 0.398. The number of ether oxygens (including phenoxy) is 1. The van der Waals surface area contributed by atoms with Gasteiger partial charge >= 0.3 is 0 Å². The van der Waals surface area contributed by atoms with Crippen molar-refractivity contribution in [3.05, 3.63) is 69.8 Å². The van der Waals surface area contributed by atoms with E-state index in [4.69, 9.17) is 4.74 Å². The monoisotopic (exact) mass is 383 g/mol. The fraction of sp³-hybridized carbons (Fsp3) is 0.333. The van der Waals surface area contributed by atoms with Gasteiger partial charge in [-0.25, -0.2) is 5.43 Å². The van der Waals surface area contributed by atoms with Crippen molar-refractivity contribution in [3.63, 3.8) is 0 Å². The van der Waals surface area contributed by atoms with Gasteiger partial charge in [0.05, 0.1) is 17.2 Å². The lowest BCUT2D eigenvalue weighted by atomic mass is 10.1. The summed E-state index contributed by atoms with van der Waals surface area (Å²) in [5, 5.41) is 14.7. The molecule has 28 heavy (non-hydrogen) atoms. The lowest BCUT2D eigenvalue weighted by molar-refractivity contribution is -0.384. The van der Waals surface area contributed by atoms with Crippen LogP contribution >= 0.6 is 0 Å². The molecule has 148 valence electrons. The number of nitro benzene ring substituents is 1. The van der Waals surface area contributed by atoms with E-state index >= 15 is 0 Å². The third-order valence-corrected chi connectivity index (χ3v) is 4.20. The highest BCUT2D eigenvalue weighted by atomic mass is 16.6. The van der Waals surface area contributed by atoms with E-state index in [2.05, 4.69) is 17.5 Å². The minimum Gasteiger partial charge on any atom is -0.494 e. The van der Waals surface area contributed by atoms with Crippen molar-refractivity contribution in [1.82, 2.24) is 5.43 Å². The van der Waals surface area contributed by atoms with Crippen molar-refractivity contribution >= 4 is 17.3 Å². The minimum atomic E-state index is -0.462. The van der Waals surface area contributed by atoms with Crippen molar-refractivity contribution in [2.75, 3.05) is 6.61 Å². The standard InChI is InChI=1S/C21H25N3O4/c1-3-4-5-6-15-28-20-13-9-18(10-14-20)21(25)23-22-16(2)17-7-11-19(12-8-17)24(26)27/h7-14H,3-6,15H2,1-2H3,(H,23,25). The number of rotatable bonds is 10. The Labute approximate surface area is 164 Å². The maximum Gasteiger partial charge on any atom is 0.271 e. The van der Waals surface area contributed by atoms with Crippen LogP contribution in [0.2, 0.25) is 0 Å². The molecule has 1 N–H and O–H groups in total. The predicted octanol–water partition coefficient (Wildman–Crippen LogP) is 4.71. The second-order valence-corrected chi connectivity index (χ2v) is 6.38. The van der Waals surface area contributed by atoms with Crippen molar-refractivity contribution in [3.8, 4) is 5.75 Å². The molecule has 0 spiro atoms. The molecule has 0 unspecified atom stereocenters. The molecular weight excluding hydrogens is 358 g/mol. The Hall–Kier alpha value is -3.22. The molecule has 0 aliphatic rings. The van der Waals surface area contributed by atoms with Crippen LogP contribution in [0.3, 0.4) is 0 Å². The van der Waals surface area contributed by atoms with Crippen molar-refractivity contribution in [2.45, 2.75) is 39.5 Å². The predicted molar refractivity (Wildman–Crippen MR) is 109 cm³/mol. The van der Waals surface area contributed by atoms with Gasteiger partial charge in [0.15, 0.2) is 0 Å². The number of benzene rings is 2. The SMILES string of the molecule is CCCCCCOc1ccc(C(=O)NN=C(C)c2ccc([N+](=O)[O-])cc2)cc1. The second-order valence-electron chi connectivity index (χ2n) is 6.38. The Morgan fingerprint density at radius 2 is 1.68 bits per heavy atom. The molecule has 2 rings (SSSR count). The third-order valence-electron chi connectivity index (χ3n) is 4.20. The number of carbonyl (C=O) groups excluding carboxylic acids is 1. The van der Waals surface area contributed by atoms with E-state index in [9.17, 15) is 14.9 Å². The smallest absolute Gasteiger partial charge is 0.271 e. The van der Waals surface area contributed by atoms with Gasteiger partial charge in [-0.2, -0.15) is 5.10 Å². The molecule has 7 nitrogen and oxygen atoms in total. The van der Waals surface area contributed by atoms with E-state index < -0.39 is 4.92 Å². The summed E-state index contributed by atoms with van der Waals surface area (Å²) >= 11 is 0. The van der Waals surface area contributed by atoms with Crippen LogP contribution in [0.1, 0.15) is 55.5 Å². The summed E-state index contributed by atoms with van der Waals surface area (Å²) in [6, 6.07) is 12.9. The molecule has 0 saturated carbocycles. The molecule has 0 aliphatic heterocycles. The largest absolute Gasteiger partial charge is 0.494 e. The molecule has 0 atom stereocenters. The normalized spacial score (nSPS) is 11.1. The van der Waals surface area contributed by atoms with Gasteiger partial charge in [0, 0.05) is 17.7 Å². The van der Waals surface area contributed by atoms with Gasteiger partial charge in [0.25, 0.3) is 11.6 Å². The van der Waals surface area contributed by atoms with Crippen LogP contribution in [0.15, 0.2) is 53.6 Å². The molecule has 0 fully saturated rings. The van der Waals surface area contributed by atoms with Crippen LogP contribution in [-0.2, 0) is 0 Å². The molecule has 0 heterocycles. The Morgan fingerprint density at radius 3 is 2.29 bits per heavy atom. The Kier molecular flexibility index (Phi) is 8.14. The summed E-state index contributed by atoms with van der Waals surface area (Å²) in [5.41, 5.74) is 4.22. The first-order chi connectivity index (χ1) is 13.5. The number of nitrogens with zero attached hydrogens (tertiary/aromatic N) is 2. The van der Waals surface area contributed by atoms with E-state index in [0.717, 1.165) is 18.6 Å². The average Bonchev–Trinajstić information content (AvgIpc) is 2.72. The van der Waals surface area contributed by atoms with Crippen molar-refractivity contribution < 1.29 is 14.5 Å². The van der Waals surface area contributed by atoms with Gasteiger partial charge in [-0.05, 0) is 55.3 Å². The zero-order valence-electron chi connectivity index (χ0n) is 16.2.